The second-order valence-corrected chi connectivity index (χ2v) is 2.13. The molecule has 1 aliphatic heterocycles. The lowest BCUT2D eigenvalue weighted by atomic mass is 10.2. The SMILES string of the molecule is C#CN=CC1=C(C)CCO1. The van der Waals surface area contributed by atoms with Crippen LogP contribution in [0.2, 0.25) is 0 Å². The average molecular weight is 135 g/mol. The van der Waals surface area contributed by atoms with Crippen LogP contribution in [0.1, 0.15) is 13.3 Å². The second-order valence-electron chi connectivity index (χ2n) is 2.13. The highest BCUT2D eigenvalue weighted by atomic mass is 16.5. The fourth-order valence-corrected chi connectivity index (χ4v) is 0.804. The third-order valence-electron chi connectivity index (χ3n) is 1.41. The van der Waals surface area contributed by atoms with Gasteiger partial charge < -0.3 is 4.74 Å². The number of hydrogen-bond acceptors (Lipinski definition) is 2. The summed E-state index contributed by atoms with van der Waals surface area (Å²) < 4.78 is 5.20. The van der Waals surface area contributed by atoms with Gasteiger partial charge in [-0.15, -0.1) is 0 Å². The Morgan fingerprint density at radius 2 is 2.60 bits per heavy atom. The van der Waals surface area contributed by atoms with E-state index in [1.54, 1.807) is 6.21 Å². The first-order valence-electron chi connectivity index (χ1n) is 3.16. The van der Waals surface area contributed by atoms with E-state index in [1.807, 2.05) is 6.92 Å². The van der Waals surface area contributed by atoms with Crippen molar-refractivity contribution in [3.05, 3.63) is 11.3 Å². The highest BCUT2D eigenvalue weighted by Gasteiger charge is 2.08. The first-order chi connectivity index (χ1) is 4.84. The first-order valence-corrected chi connectivity index (χ1v) is 3.16. The van der Waals surface area contributed by atoms with Crippen molar-refractivity contribution in [2.24, 2.45) is 4.99 Å². The van der Waals surface area contributed by atoms with Crippen molar-refractivity contribution in [2.75, 3.05) is 6.61 Å². The van der Waals surface area contributed by atoms with E-state index in [0.717, 1.165) is 18.8 Å². The summed E-state index contributed by atoms with van der Waals surface area (Å²) in [6.07, 6.45) is 7.50. The van der Waals surface area contributed by atoms with Gasteiger partial charge in [-0.2, -0.15) is 0 Å². The molecule has 0 unspecified atom stereocenters. The fraction of sp³-hybridized carbons (Fsp3) is 0.375. The van der Waals surface area contributed by atoms with Gasteiger partial charge in [0, 0.05) is 12.5 Å². The van der Waals surface area contributed by atoms with Crippen LogP contribution >= 0.6 is 0 Å². The van der Waals surface area contributed by atoms with Crippen molar-refractivity contribution in [2.45, 2.75) is 13.3 Å². The lowest BCUT2D eigenvalue weighted by Gasteiger charge is -1.93. The minimum Gasteiger partial charge on any atom is -0.492 e. The summed E-state index contributed by atoms with van der Waals surface area (Å²) in [6, 6.07) is 2.17. The van der Waals surface area contributed by atoms with Crippen LogP contribution in [0, 0.1) is 12.5 Å². The Hall–Kier alpha value is -1.23. The van der Waals surface area contributed by atoms with Crippen LogP contribution < -0.4 is 0 Å². The summed E-state index contributed by atoms with van der Waals surface area (Å²) in [7, 11) is 0. The average Bonchev–Trinajstić information content (AvgIpc) is 2.31. The van der Waals surface area contributed by atoms with Gasteiger partial charge >= 0.3 is 0 Å². The molecule has 0 atom stereocenters. The summed E-state index contributed by atoms with van der Waals surface area (Å²) >= 11 is 0. The molecule has 0 aromatic heterocycles. The van der Waals surface area contributed by atoms with Crippen molar-refractivity contribution in [3.8, 4) is 12.5 Å². The molecule has 0 saturated carbocycles. The topological polar surface area (TPSA) is 21.6 Å². The molecular formula is C8H9NO. The molecule has 0 radical (unpaired) electrons. The van der Waals surface area contributed by atoms with Gasteiger partial charge in [-0.1, -0.05) is 6.42 Å². The van der Waals surface area contributed by atoms with Gasteiger partial charge in [0.15, 0.2) is 0 Å². The van der Waals surface area contributed by atoms with E-state index in [-0.39, 0.29) is 0 Å². The molecule has 2 heteroatoms. The molecule has 0 aromatic carbocycles. The van der Waals surface area contributed by atoms with Crippen molar-refractivity contribution >= 4 is 6.21 Å². The van der Waals surface area contributed by atoms with Gasteiger partial charge in [0.2, 0.25) is 0 Å². The van der Waals surface area contributed by atoms with Gasteiger partial charge in [0.1, 0.15) is 5.76 Å². The largest absolute Gasteiger partial charge is 0.492 e. The summed E-state index contributed by atoms with van der Waals surface area (Å²) in [4.78, 5) is 3.62. The Labute approximate surface area is 60.6 Å². The van der Waals surface area contributed by atoms with Crippen molar-refractivity contribution < 1.29 is 4.74 Å². The molecule has 0 amide bonds. The number of terminal acetylenes is 1. The van der Waals surface area contributed by atoms with Crippen LogP contribution in [0.4, 0.5) is 0 Å². The van der Waals surface area contributed by atoms with E-state index < -0.39 is 0 Å². The normalized spacial score (nSPS) is 17.6. The van der Waals surface area contributed by atoms with Gasteiger partial charge in [-0.25, -0.2) is 4.99 Å². The molecule has 0 aliphatic carbocycles. The Morgan fingerprint density at radius 1 is 1.80 bits per heavy atom. The minimum absolute atomic E-state index is 0.762. The third-order valence-corrected chi connectivity index (χ3v) is 1.41. The van der Waals surface area contributed by atoms with Crippen molar-refractivity contribution in [1.82, 2.24) is 0 Å². The van der Waals surface area contributed by atoms with E-state index in [0.29, 0.717) is 0 Å². The number of hydrogen-bond donors (Lipinski definition) is 0. The van der Waals surface area contributed by atoms with Crippen LogP contribution in [0.25, 0.3) is 0 Å². The highest BCUT2D eigenvalue weighted by Crippen LogP contribution is 2.15. The summed E-state index contributed by atoms with van der Waals surface area (Å²) in [5.74, 6) is 0.831. The summed E-state index contributed by atoms with van der Waals surface area (Å²) in [5, 5.41) is 0. The van der Waals surface area contributed by atoms with Crippen LogP contribution in [0.15, 0.2) is 16.3 Å². The van der Waals surface area contributed by atoms with E-state index in [4.69, 9.17) is 11.2 Å². The molecule has 52 valence electrons. The number of nitrogens with zero attached hydrogens (tertiary/aromatic N) is 1. The fourth-order valence-electron chi connectivity index (χ4n) is 0.804. The van der Waals surface area contributed by atoms with Gasteiger partial charge in [-0.05, 0) is 12.5 Å². The minimum atomic E-state index is 0.762. The van der Waals surface area contributed by atoms with E-state index in [2.05, 4.69) is 11.0 Å². The van der Waals surface area contributed by atoms with Crippen LogP contribution in [-0.4, -0.2) is 12.8 Å². The number of aliphatic imine (C=N–C) groups is 1. The van der Waals surface area contributed by atoms with Gasteiger partial charge in [0.25, 0.3) is 0 Å². The molecule has 0 N–H and O–H groups in total. The Kier molecular flexibility index (Phi) is 2.11. The Balaban J connectivity index is 2.65. The van der Waals surface area contributed by atoms with Crippen molar-refractivity contribution in [1.29, 1.82) is 0 Å². The van der Waals surface area contributed by atoms with Crippen LogP contribution in [0.5, 0.6) is 0 Å². The molecule has 0 fully saturated rings. The van der Waals surface area contributed by atoms with E-state index in [1.165, 1.54) is 5.57 Å². The zero-order valence-electron chi connectivity index (χ0n) is 5.92. The quantitative estimate of drug-likeness (QED) is 0.393. The summed E-state index contributed by atoms with van der Waals surface area (Å²) in [5.41, 5.74) is 1.22. The number of allylic oxidation sites excluding steroid dienone is 1. The lowest BCUT2D eigenvalue weighted by Crippen LogP contribution is -1.85. The zero-order chi connectivity index (χ0) is 7.40. The third kappa shape index (κ3) is 1.38. The molecular weight excluding hydrogens is 126 g/mol. The Morgan fingerprint density at radius 3 is 3.10 bits per heavy atom. The van der Waals surface area contributed by atoms with Gasteiger partial charge in [0.05, 0.1) is 12.8 Å². The molecule has 0 saturated heterocycles. The predicted molar refractivity (Wildman–Crippen MR) is 40.6 cm³/mol. The van der Waals surface area contributed by atoms with E-state index >= 15 is 0 Å². The smallest absolute Gasteiger partial charge is 0.137 e. The molecule has 1 aliphatic rings. The first kappa shape index (κ1) is 6.88. The maximum Gasteiger partial charge on any atom is 0.137 e. The zero-order valence-corrected chi connectivity index (χ0v) is 5.92. The second kappa shape index (κ2) is 3.07. The standard InChI is InChI=1S/C8H9NO/c1-3-9-6-8-7(2)4-5-10-8/h1,6H,4-5H2,2H3. The monoisotopic (exact) mass is 135 g/mol. The predicted octanol–water partition coefficient (Wildman–Crippen LogP) is 1.34. The van der Waals surface area contributed by atoms with Gasteiger partial charge in [-0.3, -0.25) is 0 Å². The summed E-state index contributed by atoms with van der Waals surface area (Å²) in [6.45, 7) is 2.78. The molecule has 2 nitrogen and oxygen atoms in total. The molecule has 0 spiro atoms. The Bertz CT molecular complexity index is 220. The molecule has 0 bridgehead atoms. The molecule has 10 heavy (non-hydrogen) atoms. The highest BCUT2D eigenvalue weighted by molar-refractivity contribution is 5.78. The number of ether oxygens (including phenoxy) is 1. The maximum atomic E-state index is 5.20. The lowest BCUT2D eigenvalue weighted by molar-refractivity contribution is 0.265. The van der Waals surface area contributed by atoms with Crippen LogP contribution in [-0.2, 0) is 4.74 Å². The molecule has 0 aromatic rings. The van der Waals surface area contributed by atoms with Crippen LogP contribution in [0.3, 0.4) is 0 Å². The number of rotatable bonds is 1. The molecule has 1 heterocycles. The van der Waals surface area contributed by atoms with Crippen molar-refractivity contribution in [3.63, 3.8) is 0 Å². The molecule has 1 rings (SSSR count). The maximum absolute atomic E-state index is 5.20. The van der Waals surface area contributed by atoms with E-state index in [9.17, 15) is 0 Å².